The summed E-state index contributed by atoms with van der Waals surface area (Å²) in [7, 11) is -4.00. The average Bonchev–Trinajstić information content (AvgIpc) is 2.48. The summed E-state index contributed by atoms with van der Waals surface area (Å²) in [5.41, 5.74) is 5.12. The maximum atomic E-state index is 13.7. The van der Waals surface area contributed by atoms with Crippen molar-refractivity contribution in [3.63, 3.8) is 0 Å². The molecule has 0 radical (unpaired) electrons. The van der Waals surface area contributed by atoms with Gasteiger partial charge in [0.15, 0.2) is 5.82 Å². The van der Waals surface area contributed by atoms with E-state index in [2.05, 4.69) is 16.6 Å². The van der Waals surface area contributed by atoms with Gasteiger partial charge in [0.1, 0.15) is 0 Å². The molecule has 21 heavy (non-hydrogen) atoms. The molecule has 0 aromatic carbocycles. The molecule has 0 unspecified atom stereocenters. The normalized spacial score (nSPS) is 26.7. The fourth-order valence-corrected chi connectivity index (χ4v) is 4.37. The molecular formula is C14H22FN3O2S. The van der Waals surface area contributed by atoms with Crippen molar-refractivity contribution in [2.75, 3.05) is 6.54 Å². The molecule has 1 heterocycles. The Labute approximate surface area is 125 Å². The van der Waals surface area contributed by atoms with Crippen molar-refractivity contribution >= 4 is 10.0 Å². The van der Waals surface area contributed by atoms with Gasteiger partial charge in [0, 0.05) is 18.3 Å². The zero-order chi connectivity index (χ0) is 15.5. The third kappa shape index (κ3) is 3.59. The predicted molar refractivity (Wildman–Crippen MR) is 78.6 cm³/mol. The Balaban J connectivity index is 2.21. The van der Waals surface area contributed by atoms with Gasteiger partial charge in [-0.2, -0.15) is 0 Å². The van der Waals surface area contributed by atoms with E-state index in [4.69, 9.17) is 5.73 Å². The molecule has 1 aliphatic carbocycles. The molecule has 0 saturated heterocycles. The second kappa shape index (κ2) is 6.37. The minimum absolute atomic E-state index is 0.205. The van der Waals surface area contributed by atoms with Crippen molar-refractivity contribution in [3.8, 4) is 0 Å². The van der Waals surface area contributed by atoms with Crippen LogP contribution in [-0.2, 0) is 10.0 Å². The molecule has 3 N–H and O–H groups in total. The van der Waals surface area contributed by atoms with Crippen LogP contribution in [0.2, 0.25) is 0 Å². The van der Waals surface area contributed by atoms with E-state index < -0.39 is 26.4 Å². The van der Waals surface area contributed by atoms with Crippen LogP contribution in [0.5, 0.6) is 0 Å². The van der Waals surface area contributed by atoms with Crippen molar-refractivity contribution in [2.45, 2.75) is 49.6 Å². The molecule has 0 aliphatic heterocycles. The molecule has 118 valence electrons. The number of nitrogens with zero attached hydrogens (tertiary/aromatic N) is 1. The Morgan fingerprint density at radius 2 is 2.14 bits per heavy atom. The number of pyridine rings is 1. The number of sulfonamides is 1. The number of rotatable bonds is 5. The Hall–Kier alpha value is -1.05. The number of halogens is 1. The summed E-state index contributed by atoms with van der Waals surface area (Å²) in [6.07, 6.45) is 5.57. The molecule has 1 fully saturated rings. The van der Waals surface area contributed by atoms with Gasteiger partial charge in [0.05, 0.1) is 0 Å². The van der Waals surface area contributed by atoms with Gasteiger partial charge in [0.2, 0.25) is 5.03 Å². The first-order valence-corrected chi connectivity index (χ1v) is 8.75. The van der Waals surface area contributed by atoms with Crippen LogP contribution in [0.1, 0.15) is 39.0 Å². The lowest BCUT2D eigenvalue weighted by atomic mass is 9.76. The third-order valence-electron chi connectivity index (χ3n) is 4.36. The van der Waals surface area contributed by atoms with Crippen LogP contribution >= 0.6 is 0 Å². The van der Waals surface area contributed by atoms with Crippen molar-refractivity contribution in [2.24, 2.45) is 11.7 Å². The fraction of sp³-hybridized carbons (Fsp3) is 0.643. The Morgan fingerprint density at radius 1 is 1.48 bits per heavy atom. The van der Waals surface area contributed by atoms with Crippen molar-refractivity contribution in [1.29, 1.82) is 0 Å². The maximum absolute atomic E-state index is 13.7. The minimum atomic E-state index is -4.00. The molecule has 0 amide bonds. The maximum Gasteiger partial charge on any atom is 0.261 e. The summed E-state index contributed by atoms with van der Waals surface area (Å²) in [4.78, 5) is 3.65. The molecular weight excluding hydrogens is 293 g/mol. The molecule has 0 spiro atoms. The number of hydrogen-bond acceptors (Lipinski definition) is 4. The van der Waals surface area contributed by atoms with E-state index in [1.54, 1.807) is 0 Å². The van der Waals surface area contributed by atoms with Crippen LogP contribution in [0.4, 0.5) is 4.39 Å². The first-order chi connectivity index (χ1) is 9.92. The molecule has 1 aromatic heterocycles. The lowest BCUT2D eigenvalue weighted by molar-refractivity contribution is 0.217. The summed E-state index contributed by atoms with van der Waals surface area (Å²) in [6.45, 7) is 2.34. The number of hydrogen-bond donors (Lipinski definition) is 2. The van der Waals surface area contributed by atoms with E-state index >= 15 is 0 Å². The van der Waals surface area contributed by atoms with Crippen LogP contribution in [0.3, 0.4) is 0 Å². The van der Waals surface area contributed by atoms with Gasteiger partial charge >= 0.3 is 0 Å². The highest BCUT2D eigenvalue weighted by atomic mass is 32.2. The zero-order valence-corrected chi connectivity index (χ0v) is 13.0. The smallest absolute Gasteiger partial charge is 0.261 e. The SMILES string of the molecule is CCC1CCC(CN)(NS(=O)(=O)c2ncccc2F)CC1. The fourth-order valence-electron chi connectivity index (χ4n) is 2.89. The van der Waals surface area contributed by atoms with Crippen molar-refractivity contribution in [3.05, 3.63) is 24.1 Å². The summed E-state index contributed by atoms with van der Waals surface area (Å²) in [5.74, 6) is -0.236. The second-order valence-corrected chi connectivity index (χ2v) is 7.33. The van der Waals surface area contributed by atoms with E-state index in [-0.39, 0.29) is 6.54 Å². The summed E-state index contributed by atoms with van der Waals surface area (Å²) >= 11 is 0. The lowest BCUT2D eigenvalue weighted by Gasteiger charge is -2.39. The lowest BCUT2D eigenvalue weighted by Crippen LogP contribution is -2.55. The number of aromatic nitrogens is 1. The molecule has 1 aliphatic rings. The average molecular weight is 315 g/mol. The van der Waals surface area contributed by atoms with Crippen LogP contribution in [0, 0.1) is 11.7 Å². The summed E-state index contributed by atoms with van der Waals surface area (Å²) in [6, 6.07) is 2.45. The van der Waals surface area contributed by atoms with E-state index in [0.29, 0.717) is 18.8 Å². The van der Waals surface area contributed by atoms with Crippen LogP contribution < -0.4 is 10.5 Å². The Bertz CT molecular complexity index is 584. The molecule has 1 saturated carbocycles. The van der Waals surface area contributed by atoms with Crippen LogP contribution in [0.25, 0.3) is 0 Å². The van der Waals surface area contributed by atoms with E-state index in [9.17, 15) is 12.8 Å². The van der Waals surface area contributed by atoms with Crippen LogP contribution in [0.15, 0.2) is 23.4 Å². The van der Waals surface area contributed by atoms with E-state index in [1.807, 2.05) is 0 Å². The van der Waals surface area contributed by atoms with Gasteiger partial charge in [0.25, 0.3) is 10.0 Å². The number of nitrogens with two attached hydrogens (primary N) is 1. The summed E-state index contributed by atoms with van der Waals surface area (Å²) in [5, 5.41) is -0.560. The van der Waals surface area contributed by atoms with Gasteiger partial charge in [-0.1, -0.05) is 13.3 Å². The first kappa shape index (κ1) is 16.3. The highest BCUT2D eigenvalue weighted by Gasteiger charge is 2.38. The van der Waals surface area contributed by atoms with Crippen LogP contribution in [-0.4, -0.2) is 25.5 Å². The number of nitrogens with one attached hydrogen (secondary N) is 1. The quantitative estimate of drug-likeness (QED) is 0.867. The topological polar surface area (TPSA) is 85.1 Å². The standard InChI is InChI=1S/C14H22FN3O2S/c1-2-11-5-7-14(10-16,8-6-11)18-21(19,20)13-12(15)4-3-9-17-13/h3-4,9,11,18H,2,5-8,10,16H2,1H3. The van der Waals surface area contributed by atoms with E-state index in [1.165, 1.54) is 12.3 Å². The molecule has 0 atom stereocenters. The monoisotopic (exact) mass is 315 g/mol. The predicted octanol–water partition coefficient (Wildman–Crippen LogP) is 1.80. The molecule has 5 nitrogen and oxygen atoms in total. The molecule has 7 heteroatoms. The highest BCUT2D eigenvalue weighted by Crippen LogP contribution is 2.34. The van der Waals surface area contributed by atoms with Crippen molar-refractivity contribution < 1.29 is 12.8 Å². The zero-order valence-electron chi connectivity index (χ0n) is 12.2. The minimum Gasteiger partial charge on any atom is -0.329 e. The van der Waals surface area contributed by atoms with Gasteiger partial charge < -0.3 is 5.73 Å². The Morgan fingerprint density at radius 3 is 2.67 bits per heavy atom. The highest BCUT2D eigenvalue weighted by molar-refractivity contribution is 7.89. The second-order valence-electron chi connectivity index (χ2n) is 5.73. The van der Waals surface area contributed by atoms with Crippen molar-refractivity contribution in [1.82, 2.24) is 9.71 Å². The van der Waals surface area contributed by atoms with Gasteiger partial charge in [-0.3, -0.25) is 0 Å². The molecule has 2 rings (SSSR count). The first-order valence-electron chi connectivity index (χ1n) is 7.27. The van der Waals surface area contributed by atoms with E-state index in [0.717, 1.165) is 25.3 Å². The third-order valence-corrected chi connectivity index (χ3v) is 5.87. The van der Waals surface area contributed by atoms with Gasteiger partial charge in [-0.05, 0) is 43.7 Å². The Kier molecular flexibility index (Phi) is 4.95. The molecule has 1 aromatic rings. The largest absolute Gasteiger partial charge is 0.329 e. The molecule has 0 bridgehead atoms. The van der Waals surface area contributed by atoms with Gasteiger partial charge in [-0.15, -0.1) is 0 Å². The van der Waals surface area contributed by atoms with Gasteiger partial charge in [-0.25, -0.2) is 22.5 Å². The summed E-state index contributed by atoms with van der Waals surface area (Å²) < 4.78 is 41.0.